The Bertz CT molecular complexity index is 871. The molecule has 3 aliphatic rings. The number of nitrogens with zero attached hydrogens (tertiary/aromatic N) is 1. The molecular formula is C20H23N3O5S. The van der Waals surface area contributed by atoms with E-state index in [9.17, 15) is 19.2 Å². The van der Waals surface area contributed by atoms with Crippen LogP contribution in [0.25, 0.3) is 0 Å². The highest BCUT2D eigenvalue weighted by Gasteiger charge is 2.53. The van der Waals surface area contributed by atoms with Gasteiger partial charge in [0.2, 0.25) is 5.91 Å². The van der Waals surface area contributed by atoms with E-state index < -0.39 is 24.5 Å². The van der Waals surface area contributed by atoms with Gasteiger partial charge in [-0.15, -0.1) is 11.8 Å². The fourth-order valence-corrected chi connectivity index (χ4v) is 5.11. The molecule has 3 amide bonds. The minimum Gasteiger partial charge on any atom is -0.454 e. The van der Waals surface area contributed by atoms with Crippen LogP contribution in [0.3, 0.4) is 0 Å². The molecule has 2 aliphatic heterocycles. The summed E-state index contributed by atoms with van der Waals surface area (Å²) in [5.74, 6) is -0.945. The van der Waals surface area contributed by atoms with Crippen molar-refractivity contribution >= 4 is 41.1 Å². The SMILES string of the molecule is C[C@]12CCC(=O)N1[C@H](C(=O)OCC(=O)Nc1ccccc1C(=O)NC1CC1)CS2. The van der Waals surface area contributed by atoms with Gasteiger partial charge >= 0.3 is 5.97 Å². The number of carbonyl (C=O) groups excluding carboxylic acids is 4. The largest absolute Gasteiger partial charge is 0.454 e. The first-order valence-electron chi connectivity index (χ1n) is 9.70. The molecule has 1 saturated carbocycles. The van der Waals surface area contributed by atoms with E-state index in [4.69, 9.17) is 4.74 Å². The number of rotatable bonds is 6. The topological polar surface area (TPSA) is 105 Å². The van der Waals surface area contributed by atoms with Crippen LogP contribution >= 0.6 is 11.8 Å². The molecule has 9 heteroatoms. The highest BCUT2D eigenvalue weighted by molar-refractivity contribution is 8.01. The highest BCUT2D eigenvalue weighted by atomic mass is 32.2. The second-order valence-electron chi connectivity index (χ2n) is 7.71. The number of ether oxygens (including phenoxy) is 1. The number of anilines is 1. The molecule has 0 spiro atoms. The Morgan fingerprint density at radius 1 is 1.28 bits per heavy atom. The summed E-state index contributed by atoms with van der Waals surface area (Å²) in [6.07, 6.45) is 3.07. The lowest BCUT2D eigenvalue weighted by atomic mass is 10.1. The van der Waals surface area contributed by atoms with Crippen LogP contribution in [0.5, 0.6) is 0 Å². The number of carbonyl (C=O) groups is 4. The molecule has 154 valence electrons. The Morgan fingerprint density at radius 2 is 2.03 bits per heavy atom. The van der Waals surface area contributed by atoms with Gasteiger partial charge in [0, 0.05) is 18.2 Å². The summed E-state index contributed by atoms with van der Waals surface area (Å²) in [6, 6.07) is 6.24. The zero-order valence-corrected chi connectivity index (χ0v) is 16.9. The maximum Gasteiger partial charge on any atom is 0.330 e. The van der Waals surface area contributed by atoms with Crippen LogP contribution in [-0.2, 0) is 19.1 Å². The van der Waals surface area contributed by atoms with Crippen LogP contribution in [0.1, 0.15) is 43.0 Å². The fraction of sp³-hybridized carbons (Fsp3) is 0.500. The van der Waals surface area contributed by atoms with Crippen molar-refractivity contribution in [2.24, 2.45) is 0 Å². The minimum absolute atomic E-state index is 0.0560. The van der Waals surface area contributed by atoms with Gasteiger partial charge in [-0.25, -0.2) is 4.79 Å². The van der Waals surface area contributed by atoms with Gasteiger partial charge in [0.25, 0.3) is 11.8 Å². The molecule has 2 atom stereocenters. The number of esters is 1. The molecule has 3 fully saturated rings. The maximum absolute atomic E-state index is 12.5. The molecule has 0 unspecified atom stereocenters. The van der Waals surface area contributed by atoms with Gasteiger partial charge in [0.05, 0.1) is 16.1 Å². The molecular weight excluding hydrogens is 394 g/mol. The molecule has 2 N–H and O–H groups in total. The van der Waals surface area contributed by atoms with E-state index >= 15 is 0 Å². The van der Waals surface area contributed by atoms with Gasteiger partial charge in [0.15, 0.2) is 6.61 Å². The normalized spacial score (nSPS) is 25.5. The van der Waals surface area contributed by atoms with Crippen molar-refractivity contribution in [2.45, 2.75) is 49.6 Å². The Morgan fingerprint density at radius 3 is 2.79 bits per heavy atom. The van der Waals surface area contributed by atoms with Crippen LogP contribution < -0.4 is 10.6 Å². The first-order valence-corrected chi connectivity index (χ1v) is 10.7. The van der Waals surface area contributed by atoms with E-state index in [1.54, 1.807) is 40.9 Å². The molecule has 1 aliphatic carbocycles. The summed E-state index contributed by atoms with van der Waals surface area (Å²) in [6.45, 7) is 1.48. The number of hydrogen-bond acceptors (Lipinski definition) is 6. The second-order valence-corrected chi connectivity index (χ2v) is 9.22. The second kappa shape index (κ2) is 7.70. The van der Waals surface area contributed by atoms with Gasteiger partial charge in [-0.05, 0) is 38.3 Å². The summed E-state index contributed by atoms with van der Waals surface area (Å²) in [4.78, 5) is 50.4. The first kappa shape index (κ1) is 19.8. The van der Waals surface area contributed by atoms with Gasteiger partial charge in [0.1, 0.15) is 6.04 Å². The monoisotopic (exact) mass is 417 g/mol. The summed E-state index contributed by atoms with van der Waals surface area (Å²) in [5, 5.41) is 5.52. The quantitative estimate of drug-likeness (QED) is 0.680. The van der Waals surface area contributed by atoms with E-state index in [0.29, 0.717) is 29.8 Å². The molecule has 2 heterocycles. The summed E-state index contributed by atoms with van der Waals surface area (Å²) >= 11 is 1.57. The van der Waals surface area contributed by atoms with Crippen LogP contribution in [0.15, 0.2) is 24.3 Å². The molecule has 2 saturated heterocycles. The van der Waals surface area contributed by atoms with E-state index in [2.05, 4.69) is 10.6 Å². The van der Waals surface area contributed by atoms with E-state index in [1.807, 2.05) is 6.92 Å². The number of amides is 3. The zero-order valence-electron chi connectivity index (χ0n) is 16.1. The Balaban J connectivity index is 1.33. The van der Waals surface area contributed by atoms with Crippen LogP contribution in [-0.4, -0.2) is 57.9 Å². The standard InChI is InChI=1S/C20H23N3O5S/c1-20-9-8-17(25)23(20)15(11-29-20)19(27)28-10-16(24)22-14-5-3-2-4-13(14)18(26)21-12-6-7-12/h2-5,12,15H,6-11H2,1H3,(H,21,26)(H,22,24)/t15-,20-/m0/s1. The zero-order chi connectivity index (χ0) is 20.6. The van der Waals surface area contributed by atoms with E-state index in [1.165, 1.54) is 0 Å². The molecule has 0 radical (unpaired) electrons. The molecule has 29 heavy (non-hydrogen) atoms. The minimum atomic E-state index is -0.663. The number of benzene rings is 1. The predicted molar refractivity (Wildman–Crippen MR) is 107 cm³/mol. The van der Waals surface area contributed by atoms with Crippen molar-refractivity contribution in [3.8, 4) is 0 Å². The maximum atomic E-state index is 12.5. The number of nitrogens with one attached hydrogen (secondary N) is 2. The van der Waals surface area contributed by atoms with Crippen molar-refractivity contribution in [2.75, 3.05) is 17.7 Å². The van der Waals surface area contributed by atoms with Gasteiger partial charge in [-0.1, -0.05) is 12.1 Å². The molecule has 0 aromatic heterocycles. The van der Waals surface area contributed by atoms with Crippen LogP contribution in [0, 0.1) is 0 Å². The van der Waals surface area contributed by atoms with Crippen molar-refractivity contribution in [3.05, 3.63) is 29.8 Å². The average molecular weight is 417 g/mol. The summed E-state index contributed by atoms with van der Waals surface area (Å²) in [5.41, 5.74) is 0.732. The highest BCUT2D eigenvalue weighted by Crippen LogP contribution is 2.47. The van der Waals surface area contributed by atoms with E-state index in [-0.39, 0.29) is 22.7 Å². The Labute approximate surface area is 172 Å². The lowest BCUT2D eigenvalue weighted by Gasteiger charge is -2.29. The Kier molecular flexibility index (Phi) is 5.24. The molecule has 1 aromatic carbocycles. The average Bonchev–Trinajstić information content (AvgIpc) is 3.37. The van der Waals surface area contributed by atoms with Crippen molar-refractivity contribution < 1.29 is 23.9 Å². The van der Waals surface area contributed by atoms with Crippen LogP contribution in [0.2, 0.25) is 0 Å². The van der Waals surface area contributed by atoms with Crippen LogP contribution in [0.4, 0.5) is 5.69 Å². The third kappa shape index (κ3) is 4.10. The Hall–Kier alpha value is -2.55. The van der Waals surface area contributed by atoms with Crippen molar-refractivity contribution in [1.29, 1.82) is 0 Å². The lowest BCUT2D eigenvalue weighted by molar-refractivity contribution is -0.155. The fourth-order valence-electron chi connectivity index (χ4n) is 3.70. The van der Waals surface area contributed by atoms with Crippen molar-refractivity contribution in [1.82, 2.24) is 10.2 Å². The van der Waals surface area contributed by atoms with Gasteiger partial charge < -0.3 is 20.3 Å². The van der Waals surface area contributed by atoms with Gasteiger partial charge in [-0.3, -0.25) is 14.4 Å². The number of fused-ring (bicyclic) bond motifs is 1. The predicted octanol–water partition coefficient (Wildman–Crippen LogP) is 1.51. The molecule has 8 nitrogen and oxygen atoms in total. The smallest absolute Gasteiger partial charge is 0.330 e. The van der Waals surface area contributed by atoms with Crippen molar-refractivity contribution in [3.63, 3.8) is 0 Å². The number of thioether (sulfide) groups is 1. The first-order chi connectivity index (χ1) is 13.9. The molecule has 0 bridgehead atoms. The van der Waals surface area contributed by atoms with E-state index in [0.717, 1.165) is 12.8 Å². The lowest BCUT2D eigenvalue weighted by Crippen LogP contribution is -2.47. The summed E-state index contributed by atoms with van der Waals surface area (Å²) in [7, 11) is 0. The third-order valence-electron chi connectivity index (χ3n) is 5.42. The van der Waals surface area contributed by atoms with Gasteiger partial charge in [-0.2, -0.15) is 0 Å². The molecule has 4 rings (SSSR count). The third-order valence-corrected chi connectivity index (χ3v) is 6.93. The molecule has 1 aromatic rings. The summed E-state index contributed by atoms with van der Waals surface area (Å²) < 4.78 is 5.18. The number of para-hydroxylation sites is 1. The number of hydrogen-bond donors (Lipinski definition) is 2.